The molecular formula is C10H12FNO2S. The molecule has 0 amide bonds. The van der Waals surface area contributed by atoms with E-state index in [-0.39, 0.29) is 4.90 Å². The Bertz CT molecular complexity index is 480. The summed E-state index contributed by atoms with van der Waals surface area (Å²) in [4.78, 5) is 0.0517. The topological polar surface area (TPSA) is 60.2 Å². The summed E-state index contributed by atoms with van der Waals surface area (Å²) in [5.74, 6) is 0.0744. The number of hydrogen-bond donors (Lipinski definition) is 1. The second kappa shape index (κ2) is 3.57. The van der Waals surface area contributed by atoms with Crippen molar-refractivity contribution >= 4 is 10.0 Å². The lowest BCUT2D eigenvalue weighted by Crippen LogP contribution is -2.15. The van der Waals surface area contributed by atoms with Crippen LogP contribution in [0.1, 0.15) is 18.4 Å². The third-order valence-electron chi connectivity index (χ3n) is 2.53. The minimum atomic E-state index is -3.73. The molecule has 5 heteroatoms. The third-order valence-corrected chi connectivity index (χ3v) is 3.55. The van der Waals surface area contributed by atoms with Gasteiger partial charge >= 0.3 is 0 Å². The average molecular weight is 229 g/mol. The van der Waals surface area contributed by atoms with Crippen molar-refractivity contribution in [1.29, 1.82) is 0 Å². The minimum absolute atomic E-state index is 0.0517. The molecule has 3 nitrogen and oxygen atoms in total. The van der Waals surface area contributed by atoms with E-state index in [0.717, 1.165) is 18.9 Å². The second-order valence-electron chi connectivity index (χ2n) is 3.94. The highest BCUT2D eigenvalue weighted by atomic mass is 32.2. The van der Waals surface area contributed by atoms with Crippen LogP contribution in [0.25, 0.3) is 0 Å². The number of benzene rings is 1. The van der Waals surface area contributed by atoms with E-state index in [2.05, 4.69) is 0 Å². The highest BCUT2D eigenvalue weighted by Gasteiger charge is 2.25. The van der Waals surface area contributed by atoms with Gasteiger partial charge in [-0.2, -0.15) is 0 Å². The van der Waals surface area contributed by atoms with Crippen molar-refractivity contribution in [2.45, 2.75) is 24.2 Å². The highest BCUT2D eigenvalue weighted by molar-refractivity contribution is 7.89. The summed E-state index contributed by atoms with van der Waals surface area (Å²) in [7, 11) is -3.73. The van der Waals surface area contributed by atoms with Gasteiger partial charge in [0.2, 0.25) is 10.0 Å². The Kier molecular flexibility index (Phi) is 2.52. The van der Waals surface area contributed by atoms with Gasteiger partial charge in [0, 0.05) is 0 Å². The molecule has 0 aromatic heterocycles. The van der Waals surface area contributed by atoms with E-state index < -0.39 is 15.8 Å². The summed E-state index contributed by atoms with van der Waals surface area (Å²) < 4.78 is 35.4. The fourth-order valence-corrected chi connectivity index (χ4v) is 2.38. The van der Waals surface area contributed by atoms with Crippen molar-refractivity contribution in [2.75, 3.05) is 0 Å². The van der Waals surface area contributed by atoms with Crippen molar-refractivity contribution < 1.29 is 12.8 Å². The number of sulfonamides is 1. The van der Waals surface area contributed by atoms with E-state index >= 15 is 0 Å². The fraction of sp³-hybridized carbons (Fsp3) is 0.400. The molecule has 0 unspecified atom stereocenters. The molecule has 0 aliphatic heterocycles. The van der Waals surface area contributed by atoms with Crippen LogP contribution >= 0.6 is 0 Å². The summed E-state index contributed by atoms with van der Waals surface area (Å²) in [6.45, 7) is 0. The molecule has 15 heavy (non-hydrogen) atoms. The van der Waals surface area contributed by atoms with Crippen molar-refractivity contribution in [3.8, 4) is 0 Å². The monoisotopic (exact) mass is 229 g/mol. The van der Waals surface area contributed by atoms with Crippen molar-refractivity contribution in [1.82, 2.24) is 0 Å². The molecule has 1 fully saturated rings. The van der Waals surface area contributed by atoms with Crippen molar-refractivity contribution in [2.24, 2.45) is 11.1 Å². The first-order chi connectivity index (χ1) is 6.97. The summed E-state index contributed by atoms with van der Waals surface area (Å²) in [5, 5.41) is 5.05. The molecule has 0 atom stereocenters. The first-order valence-electron chi connectivity index (χ1n) is 4.78. The molecule has 1 aromatic carbocycles. The Morgan fingerprint density at radius 3 is 2.60 bits per heavy atom. The zero-order valence-corrected chi connectivity index (χ0v) is 8.93. The third kappa shape index (κ3) is 2.54. The Labute approximate surface area is 88.2 Å². The maximum Gasteiger partial charge on any atom is 0.238 e. The summed E-state index contributed by atoms with van der Waals surface area (Å²) >= 11 is 0. The molecule has 1 saturated carbocycles. The maximum atomic E-state index is 13.0. The first kappa shape index (κ1) is 10.6. The first-order valence-corrected chi connectivity index (χ1v) is 6.32. The van der Waals surface area contributed by atoms with Gasteiger partial charge in [0.05, 0.1) is 4.90 Å². The highest BCUT2D eigenvalue weighted by Crippen LogP contribution is 2.34. The molecule has 0 radical (unpaired) electrons. The number of halogens is 1. The minimum Gasteiger partial charge on any atom is -0.225 e. The Balaban J connectivity index is 2.43. The van der Waals surface area contributed by atoms with Crippen LogP contribution in [0.15, 0.2) is 23.1 Å². The van der Waals surface area contributed by atoms with Crippen LogP contribution < -0.4 is 5.14 Å². The summed E-state index contributed by atoms with van der Waals surface area (Å²) in [6.07, 6.45) is 2.77. The quantitative estimate of drug-likeness (QED) is 0.852. The van der Waals surface area contributed by atoms with Gasteiger partial charge in [0.25, 0.3) is 0 Å². The smallest absolute Gasteiger partial charge is 0.225 e. The van der Waals surface area contributed by atoms with Crippen LogP contribution in [0.3, 0.4) is 0 Å². The van der Waals surface area contributed by atoms with Crippen molar-refractivity contribution in [3.63, 3.8) is 0 Å². The molecule has 1 aliphatic rings. The molecule has 1 aliphatic carbocycles. The number of rotatable bonds is 3. The molecule has 0 heterocycles. The van der Waals surface area contributed by atoms with E-state index in [9.17, 15) is 12.8 Å². The van der Waals surface area contributed by atoms with Gasteiger partial charge in [-0.1, -0.05) is 0 Å². The zero-order valence-electron chi connectivity index (χ0n) is 8.11. The number of nitrogens with two attached hydrogens (primary N) is 1. The molecule has 2 N–H and O–H groups in total. The van der Waals surface area contributed by atoms with Crippen LogP contribution in [0.2, 0.25) is 0 Å². The van der Waals surface area contributed by atoms with Crippen LogP contribution in [0.5, 0.6) is 0 Å². The van der Waals surface area contributed by atoms with Gasteiger partial charge in [-0.05, 0) is 48.9 Å². The van der Waals surface area contributed by atoms with Crippen LogP contribution in [-0.4, -0.2) is 8.42 Å². The van der Waals surface area contributed by atoms with E-state index in [1.807, 2.05) is 0 Å². The number of hydrogen-bond acceptors (Lipinski definition) is 2. The van der Waals surface area contributed by atoms with E-state index in [1.165, 1.54) is 12.1 Å². The lowest BCUT2D eigenvalue weighted by Gasteiger charge is -2.06. The van der Waals surface area contributed by atoms with Crippen LogP contribution in [0.4, 0.5) is 4.39 Å². The maximum absolute atomic E-state index is 13.0. The largest absolute Gasteiger partial charge is 0.238 e. The second-order valence-corrected chi connectivity index (χ2v) is 5.47. The zero-order chi connectivity index (χ0) is 11.1. The molecule has 1 aromatic rings. The van der Waals surface area contributed by atoms with Gasteiger partial charge in [0.1, 0.15) is 5.82 Å². The molecule has 0 bridgehead atoms. The predicted molar refractivity (Wildman–Crippen MR) is 54.2 cm³/mol. The van der Waals surface area contributed by atoms with Crippen LogP contribution in [-0.2, 0) is 16.4 Å². The molecule has 0 saturated heterocycles. The van der Waals surface area contributed by atoms with Crippen LogP contribution in [0, 0.1) is 11.7 Å². The van der Waals surface area contributed by atoms with Gasteiger partial charge in [0.15, 0.2) is 0 Å². The molecule has 0 spiro atoms. The number of primary sulfonamides is 1. The van der Waals surface area contributed by atoms with Gasteiger partial charge < -0.3 is 0 Å². The Morgan fingerprint density at radius 1 is 1.40 bits per heavy atom. The van der Waals surface area contributed by atoms with Gasteiger partial charge in [-0.15, -0.1) is 0 Å². The fourth-order valence-electron chi connectivity index (χ4n) is 1.62. The lowest BCUT2D eigenvalue weighted by molar-refractivity contribution is 0.593. The van der Waals surface area contributed by atoms with E-state index in [0.29, 0.717) is 17.9 Å². The SMILES string of the molecule is NS(=O)(=O)c1ccc(F)cc1CC1CC1. The molecule has 2 rings (SSSR count). The standard InChI is InChI=1S/C10H12FNO2S/c11-9-3-4-10(15(12,13)14)8(6-9)5-7-1-2-7/h3-4,6-7H,1-2,5H2,(H2,12,13,14). The predicted octanol–water partition coefficient (Wildman–Crippen LogP) is 1.43. The van der Waals surface area contributed by atoms with Gasteiger partial charge in [-0.3, -0.25) is 0 Å². The average Bonchev–Trinajstić information content (AvgIpc) is 2.85. The molecule has 82 valence electrons. The summed E-state index contributed by atoms with van der Waals surface area (Å²) in [5.41, 5.74) is 0.500. The van der Waals surface area contributed by atoms with E-state index in [1.54, 1.807) is 0 Å². The van der Waals surface area contributed by atoms with E-state index in [4.69, 9.17) is 5.14 Å². The van der Waals surface area contributed by atoms with Crippen molar-refractivity contribution in [3.05, 3.63) is 29.6 Å². The Morgan fingerprint density at radius 2 is 2.07 bits per heavy atom. The summed E-state index contributed by atoms with van der Waals surface area (Å²) in [6, 6.07) is 3.62. The molecular weight excluding hydrogens is 217 g/mol. The Hall–Kier alpha value is -0.940. The van der Waals surface area contributed by atoms with Gasteiger partial charge in [-0.25, -0.2) is 17.9 Å². The normalized spacial score (nSPS) is 16.7. The lowest BCUT2D eigenvalue weighted by atomic mass is 10.1.